The third kappa shape index (κ3) is 11.6. The highest BCUT2D eigenvalue weighted by molar-refractivity contribution is 5.73. The van der Waals surface area contributed by atoms with E-state index >= 15 is 0 Å². The van der Waals surface area contributed by atoms with Crippen molar-refractivity contribution >= 4 is 12.1 Å². The number of rotatable bonds is 20. The standard InChI is InChI=1S/C28H53N3O/c1-5-7-8-9-10-11-12-13-14-15-16-17-18-19-20-21-22-23-28-29-24-25-31(28,6-2)26(3)30-27(4)32/h11-12,24,26,28H,5-10,13-23,25H2,1-4H3/p+1/b12-11+. The zero-order valence-corrected chi connectivity index (χ0v) is 21.9. The summed E-state index contributed by atoms with van der Waals surface area (Å²) in [6.45, 7) is 10.2. The molecule has 0 saturated heterocycles. The molecule has 1 aliphatic rings. The van der Waals surface area contributed by atoms with Crippen molar-refractivity contribution in [3.8, 4) is 0 Å². The van der Waals surface area contributed by atoms with Gasteiger partial charge in [-0.25, -0.2) is 4.99 Å². The van der Waals surface area contributed by atoms with Gasteiger partial charge in [-0.3, -0.25) is 9.28 Å². The van der Waals surface area contributed by atoms with E-state index in [2.05, 4.69) is 44.5 Å². The van der Waals surface area contributed by atoms with E-state index in [0.717, 1.165) is 24.0 Å². The first kappa shape index (κ1) is 28.9. The maximum Gasteiger partial charge on any atom is 0.221 e. The van der Waals surface area contributed by atoms with Crippen LogP contribution >= 0.6 is 0 Å². The zero-order chi connectivity index (χ0) is 23.5. The molecule has 1 aliphatic heterocycles. The van der Waals surface area contributed by atoms with Crippen molar-refractivity contribution in [2.24, 2.45) is 4.99 Å². The average Bonchev–Trinajstić information content (AvgIpc) is 3.19. The van der Waals surface area contributed by atoms with E-state index in [4.69, 9.17) is 4.99 Å². The minimum Gasteiger partial charge on any atom is -0.307 e. The molecule has 0 bridgehead atoms. The first-order valence-corrected chi connectivity index (χ1v) is 13.9. The fourth-order valence-corrected chi connectivity index (χ4v) is 5.11. The van der Waals surface area contributed by atoms with Crippen LogP contribution in [-0.4, -0.2) is 42.0 Å². The van der Waals surface area contributed by atoms with Gasteiger partial charge >= 0.3 is 0 Å². The predicted molar refractivity (Wildman–Crippen MR) is 140 cm³/mol. The van der Waals surface area contributed by atoms with Crippen molar-refractivity contribution in [1.29, 1.82) is 0 Å². The van der Waals surface area contributed by atoms with E-state index in [0.29, 0.717) is 6.17 Å². The first-order chi connectivity index (χ1) is 15.6. The smallest absolute Gasteiger partial charge is 0.221 e. The minimum atomic E-state index is 0.0587. The van der Waals surface area contributed by atoms with Crippen LogP contribution in [0.2, 0.25) is 0 Å². The Balaban J connectivity index is 2.00. The van der Waals surface area contributed by atoms with Crippen molar-refractivity contribution in [2.75, 3.05) is 13.1 Å². The number of aliphatic imine (C=N–C) groups is 1. The predicted octanol–water partition coefficient (Wildman–Crippen LogP) is 7.53. The monoisotopic (exact) mass is 448 g/mol. The van der Waals surface area contributed by atoms with E-state index < -0.39 is 0 Å². The number of hydrogen-bond donors (Lipinski definition) is 1. The van der Waals surface area contributed by atoms with E-state index in [-0.39, 0.29) is 12.1 Å². The molecule has 1 rings (SSSR count). The molecular formula is C28H54N3O+. The number of hydrogen-bond acceptors (Lipinski definition) is 2. The van der Waals surface area contributed by atoms with Crippen molar-refractivity contribution < 1.29 is 9.28 Å². The number of carbonyl (C=O) groups is 1. The maximum atomic E-state index is 11.5. The van der Waals surface area contributed by atoms with Gasteiger partial charge in [0.05, 0.1) is 12.8 Å². The zero-order valence-electron chi connectivity index (χ0n) is 21.9. The van der Waals surface area contributed by atoms with Gasteiger partial charge in [-0.05, 0) is 39.0 Å². The van der Waals surface area contributed by atoms with Gasteiger partial charge in [0, 0.05) is 20.3 Å². The molecule has 0 radical (unpaired) electrons. The average molecular weight is 449 g/mol. The SMILES string of the molecule is CCCCCC/C=C/CCCCCCCCCCCC1N=CC[N+]1(CC)C(C)NC(C)=O. The molecule has 0 aromatic carbocycles. The summed E-state index contributed by atoms with van der Waals surface area (Å²) < 4.78 is 0.883. The number of quaternary nitrogens is 1. The van der Waals surface area contributed by atoms with E-state index in [9.17, 15) is 4.79 Å². The lowest BCUT2D eigenvalue weighted by molar-refractivity contribution is -0.959. The molecule has 186 valence electrons. The quantitative estimate of drug-likeness (QED) is 0.117. The second-order valence-electron chi connectivity index (χ2n) is 9.87. The van der Waals surface area contributed by atoms with Crippen LogP contribution in [0.5, 0.6) is 0 Å². The Labute approximate surface area is 199 Å². The fourth-order valence-electron chi connectivity index (χ4n) is 5.11. The molecule has 0 fully saturated rings. The minimum absolute atomic E-state index is 0.0587. The fraction of sp³-hybridized carbons (Fsp3) is 0.857. The van der Waals surface area contributed by atoms with Gasteiger partial charge in [-0.1, -0.05) is 83.3 Å². The topological polar surface area (TPSA) is 41.5 Å². The van der Waals surface area contributed by atoms with Crippen molar-refractivity contribution in [2.45, 2.75) is 143 Å². The number of carbonyl (C=O) groups excluding carboxylic acids is 1. The van der Waals surface area contributed by atoms with Crippen LogP contribution in [-0.2, 0) is 4.79 Å². The number of allylic oxidation sites excluding steroid dienone is 2. The molecule has 0 aromatic rings. The van der Waals surface area contributed by atoms with E-state index in [1.54, 1.807) is 6.92 Å². The summed E-state index contributed by atoms with van der Waals surface area (Å²) in [5, 5.41) is 3.11. The molecule has 0 aromatic heterocycles. The number of nitrogens with zero attached hydrogens (tertiary/aromatic N) is 2. The lowest BCUT2D eigenvalue weighted by Crippen LogP contribution is -2.63. The van der Waals surface area contributed by atoms with Crippen LogP contribution in [0.25, 0.3) is 0 Å². The van der Waals surface area contributed by atoms with Gasteiger partial charge in [-0.15, -0.1) is 0 Å². The van der Waals surface area contributed by atoms with Gasteiger partial charge in [0.2, 0.25) is 5.91 Å². The number of amides is 1. The molecule has 1 amide bonds. The molecule has 4 nitrogen and oxygen atoms in total. The Morgan fingerprint density at radius 3 is 2.00 bits per heavy atom. The molecule has 1 N–H and O–H groups in total. The first-order valence-electron chi connectivity index (χ1n) is 13.9. The summed E-state index contributed by atoms with van der Waals surface area (Å²) >= 11 is 0. The van der Waals surface area contributed by atoms with Gasteiger partial charge in [-0.2, -0.15) is 0 Å². The summed E-state index contributed by atoms with van der Waals surface area (Å²) in [6, 6.07) is 0. The van der Waals surface area contributed by atoms with Crippen molar-refractivity contribution in [1.82, 2.24) is 5.32 Å². The van der Waals surface area contributed by atoms with Gasteiger partial charge in [0.25, 0.3) is 0 Å². The number of unbranched alkanes of at least 4 members (excludes halogenated alkanes) is 13. The summed E-state index contributed by atoms with van der Waals surface area (Å²) in [4.78, 5) is 16.3. The van der Waals surface area contributed by atoms with Crippen LogP contribution in [0.1, 0.15) is 130 Å². The maximum absolute atomic E-state index is 11.5. The van der Waals surface area contributed by atoms with E-state index in [1.165, 1.54) is 96.3 Å². The van der Waals surface area contributed by atoms with Gasteiger partial charge in [0.15, 0.2) is 12.3 Å². The summed E-state index contributed by atoms with van der Waals surface area (Å²) in [5.41, 5.74) is 0. The molecule has 1 heterocycles. The van der Waals surface area contributed by atoms with Crippen LogP contribution in [0.3, 0.4) is 0 Å². The third-order valence-corrected chi connectivity index (χ3v) is 7.29. The Morgan fingerprint density at radius 1 is 0.938 bits per heavy atom. The highest BCUT2D eigenvalue weighted by Crippen LogP contribution is 2.27. The second kappa shape index (κ2) is 18.3. The van der Waals surface area contributed by atoms with Crippen LogP contribution < -0.4 is 5.32 Å². The van der Waals surface area contributed by atoms with Crippen LogP contribution in [0.15, 0.2) is 17.1 Å². The molecule has 0 aliphatic carbocycles. The second-order valence-corrected chi connectivity index (χ2v) is 9.87. The molecule has 3 atom stereocenters. The molecule has 4 heteroatoms. The van der Waals surface area contributed by atoms with Crippen molar-refractivity contribution in [3.63, 3.8) is 0 Å². The normalized spacial score (nSPS) is 21.4. The summed E-state index contributed by atoms with van der Waals surface area (Å²) in [7, 11) is 0. The highest BCUT2D eigenvalue weighted by Gasteiger charge is 2.42. The van der Waals surface area contributed by atoms with Crippen molar-refractivity contribution in [3.05, 3.63) is 12.2 Å². The third-order valence-electron chi connectivity index (χ3n) is 7.29. The van der Waals surface area contributed by atoms with Gasteiger partial charge < -0.3 is 5.32 Å². The Kier molecular flexibility index (Phi) is 16.5. The van der Waals surface area contributed by atoms with E-state index in [1.807, 2.05) is 0 Å². The molecule has 0 spiro atoms. The van der Waals surface area contributed by atoms with Gasteiger partial charge in [0.1, 0.15) is 6.54 Å². The summed E-state index contributed by atoms with van der Waals surface area (Å²) in [5.74, 6) is 0.0587. The lowest BCUT2D eigenvalue weighted by atomic mass is 10.0. The highest BCUT2D eigenvalue weighted by atomic mass is 16.1. The Morgan fingerprint density at radius 2 is 1.47 bits per heavy atom. The molecule has 3 unspecified atom stereocenters. The molecular weight excluding hydrogens is 394 g/mol. The Hall–Kier alpha value is -1.16. The lowest BCUT2D eigenvalue weighted by Gasteiger charge is -2.42. The van der Waals surface area contributed by atoms with Crippen LogP contribution in [0.4, 0.5) is 0 Å². The van der Waals surface area contributed by atoms with Crippen LogP contribution in [0, 0.1) is 0 Å². The Bertz CT molecular complexity index is 531. The largest absolute Gasteiger partial charge is 0.307 e. The molecule has 0 saturated carbocycles. The molecule has 32 heavy (non-hydrogen) atoms. The number of nitrogens with one attached hydrogen (secondary N) is 1. The summed E-state index contributed by atoms with van der Waals surface area (Å²) in [6.07, 6.45) is 28.7.